The van der Waals surface area contributed by atoms with E-state index in [0.29, 0.717) is 86.4 Å². The molecule has 0 radical (unpaired) electrons. The average Bonchev–Trinajstić information content (AvgIpc) is 3.85. The summed E-state index contributed by atoms with van der Waals surface area (Å²) in [5.74, 6) is 3.35. The average molecular weight is 737 g/mol. The number of guanidine groups is 2. The standard InChI is InChI=1S/C34H60N10O4S2/c35-33-41-23-21-49-25(31(23)43-33)11-5-7-15-27(45)37-17-9-1-3-13-29(47)39-19-20-40-30(48)14-4-2-10-18-38-28(46)16-8-6-12-26-32-24(22-50-26)42-34(36)44-32/h23-26,31-32H,1-22H2,(H,37,45)(H,38,46)(H,39,47)(H,40,48)(H3,35,41,43)(H3,36,42,44)/t23?,24?,25-,26-,31-,32-/m0/s1. The van der Waals surface area contributed by atoms with Crippen molar-refractivity contribution in [2.75, 3.05) is 37.7 Å². The molecule has 2 unspecified atom stereocenters. The number of hydrogen-bond acceptors (Lipinski definition) is 12. The van der Waals surface area contributed by atoms with Crippen molar-refractivity contribution in [3.63, 3.8) is 0 Å². The molecule has 6 atom stereocenters. The molecule has 50 heavy (non-hydrogen) atoms. The van der Waals surface area contributed by atoms with E-state index in [1.54, 1.807) is 0 Å². The fourth-order valence-electron chi connectivity index (χ4n) is 6.90. The summed E-state index contributed by atoms with van der Waals surface area (Å²) < 4.78 is 0. The molecule has 4 heterocycles. The van der Waals surface area contributed by atoms with Crippen molar-refractivity contribution in [2.45, 2.75) is 137 Å². The fraction of sp³-hybridized carbons (Fsp3) is 0.824. The van der Waals surface area contributed by atoms with Crippen LogP contribution in [-0.2, 0) is 19.2 Å². The fourth-order valence-corrected chi connectivity index (χ4v) is 9.93. The van der Waals surface area contributed by atoms with Crippen LogP contribution in [0.2, 0.25) is 0 Å². The molecule has 4 aliphatic rings. The predicted molar refractivity (Wildman–Crippen MR) is 203 cm³/mol. The molecule has 4 rings (SSSR count). The van der Waals surface area contributed by atoms with Gasteiger partial charge < -0.3 is 43.4 Å². The maximum absolute atomic E-state index is 12.1. The molecular formula is C34H60N10O4S2. The van der Waals surface area contributed by atoms with Gasteiger partial charge in [0, 0.05) is 73.9 Å². The van der Waals surface area contributed by atoms with E-state index >= 15 is 0 Å². The number of nitrogens with zero attached hydrogens (tertiary/aromatic N) is 2. The monoisotopic (exact) mass is 736 g/mol. The molecule has 4 aliphatic heterocycles. The highest BCUT2D eigenvalue weighted by Gasteiger charge is 2.41. The van der Waals surface area contributed by atoms with Crippen LogP contribution in [0, 0.1) is 0 Å². The van der Waals surface area contributed by atoms with Crippen molar-refractivity contribution >= 4 is 59.1 Å². The lowest BCUT2D eigenvalue weighted by molar-refractivity contribution is -0.123. The molecule has 0 aromatic rings. The van der Waals surface area contributed by atoms with Crippen LogP contribution < -0.4 is 43.4 Å². The summed E-state index contributed by atoms with van der Waals surface area (Å²) in [4.78, 5) is 57.5. The number of aliphatic imine (C=N–C) groups is 2. The molecule has 0 saturated carbocycles. The summed E-state index contributed by atoms with van der Waals surface area (Å²) >= 11 is 3.90. The number of nitrogens with one attached hydrogen (secondary N) is 6. The number of hydrogen-bond donors (Lipinski definition) is 8. The van der Waals surface area contributed by atoms with Crippen molar-refractivity contribution in [3.8, 4) is 0 Å². The van der Waals surface area contributed by atoms with Crippen LogP contribution >= 0.6 is 23.5 Å². The Balaban J connectivity index is 0.849. The van der Waals surface area contributed by atoms with E-state index in [2.05, 4.69) is 41.9 Å². The van der Waals surface area contributed by atoms with E-state index in [9.17, 15) is 19.2 Å². The van der Waals surface area contributed by atoms with Gasteiger partial charge in [-0.15, -0.1) is 0 Å². The number of thioether (sulfide) groups is 2. The highest BCUT2D eigenvalue weighted by Crippen LogP contribution is 2.36. The zero-order valence-electron chi connectivity index (χ0n) is 29.5. The Bertz CT molecular complexity index is 1090. The number of amides is 4. The molecule has 0 spiro atoms. The van der Waals surface area contributed by atoms with Gasteiger partial charge in [-0.05, 0) is 51.4 Å². The zero-order chi connectivity index (χ0) is 35.6. The van der Waals surface area contributed by atoms with Crippen LogP contribution in [0.1, 0.15) is 103 Å². The molecule has 2 fully saturated rings. The number of fused-ring (bicyclic) bond motifs is 2. The van der Waals surface area contributed by atoms with Crippen LogP contribution in [0.3, 0.4) is 0 Å². The van der Waals surface area contributed by atoms with Crippen LogP contribution in [0.5, 0.6) is 0 Å². The Morgan fingerprint density at radius 3 is 1.30 bits per heavy atom. The Kier molecular flexibility index (Phi) is 17.7. The first kappa shape index (κ1) is 39.9. The first-order valence-corrected chi connectivity index (χ1v) is 20.9. The van der Waals surface area contributed by atoms with E-state index in [0.717, 1.165) is 88.6 Å². The number of carbonyl (C=O) groups is 4. The van der Waals surface area contributed by atoms with E-state index in [4.69, 9.17) is 11.5 Å². The predicted octanol–water partition coefficient (Wildman–Crippen LogP) is 1.23. The van der Waals surface area contributed by atoms with Crippen molar-refractivity contribution < 1.29 is 19.2 Å². The van der Waals surface area contributed by atoms with Gasteiger partial charge in [-0.2, -0.15) is 23.5 Å². The second kappa shape index (κ2) is 22.1. The zero-order valence-corrected chi connectivity index (χ0v) is 31.2. The lowest BCUT2D eigenvalue weighted by Crippen LogP contribution is -2.38. The molecular weight excluding hydrogens is 677 g/mol. The summed E-state index contributed by atoms with van der Waals surface area (Å²) in [6, 6.07) is 1.30. The first-order chi connectivity index (χ1) is 24.3. The van der Waals surface area contributed by atoms with Crippen molar-refractivity contribution in [1.82, 2.24) is 31.9 Å². The Morgan fingerprint density at radius 2 is 0.900 bits per heavy atom. The molecule has 10 N–H and O–H groups in total. The number of carbonyl (C=O) groups excluding carboxylic acids is 4. The van der Waals surface area contributed by atoms with Crippen molar-refractivity contribution in [3.05, 3.63) is 0 Å². The summed E-state index contributed by atoms with van der Waals surface area (Å²) in [5, 5.41) is 19.1. The number of nitrogens with two attached hydrogens (primary N) is 2. The topological polar surface area (TPSA) is 217 Å². The quantitative estimate of drug-likeness (QED) is 0.0628. The minimum absolute atomic E-state index is 0.0215. The second-order valence-electron chi connectivity index (χ2n) is 13.8. The van der Waals surface area contributed by atoms with Gasteiger partial charge in [0.15, 0.2) is 11.9 Å². The second-order valence-corrected chi connectivity index (χ2v) is 16.3. The Morgan fingerprint density at radius 1 is 0.540 bits per heavy atom. The van der Waals surface area contributed by atoms with Crippen LogP contribution in [0.4, 0.5) is 0 Å². The van der Waals surface area contributed by atoms with Gasteiger partial charge in [0.25, 0.3) is 0 Å². The van der Waals surface area contributed by atoms with Crippen LogP contribution in [0.15, 0.2) is 9.98 Å². The van der Waals surface area contributed by atoms with Gasteiger partial charge in [-0.25, -0.2) is 9.98 Å². The summed E-state index contributed by atoms with van der Waals surface area (Å²) in [5.41, 5.74) is 11.6. The van der Waals surface area contributed by atoms with E-state index < -0.39 is 0 Å². The minimum Gasteiger partial charge on any atom is -0.370 e. The van der Waals surface area contributed by atoms with Crippen molar-refractivity contribution in [2.24, 2.45) is 21.5 Å². The van der Waals surface area contributed by atoms with E-state index in [1.165, 1.54) is 0 Å². The SMILES string of the molecule is NC1=N[C@H]2C(CS[C@H]2CCCCC(=O)NCCCCCC(=O)NCCNC(=O)CCCCCNC(=O)CCCC[C@@H]2SCC3NC(N)=N[C@@H]32)N1. The lowest BCUT2D eigenvalue weighted by atomic mass is 10.0. The third kappa shape index (κ3) is 14.4. The summed E-state index contributed by atoms with van der Waals surface area (Å²) in [7, 11) is 0. The van der Waals surface area contributed by atoms with E-state index in [1.807, 2.05) is 23.5 Å². The third-order valence-electron chi connectivity index (χ3n) is 9.67. The lowest BCUT2D eigenvalue weighted by Gasteiger charge is -2.14. The number of unbranched alkanes of at least 4 members (excludes halogenated alkanes) is 6. The molecule has 4 amide bonds. The maximum atomic E-state index is 12.1. The molecule has 2 saturated heterocycles. The molecule has 0 bridgehead atoms. The van der Waals surface area contributed by atoms with Gasteiger partial charge in [-0.1, -0.05) is 25.7 Å². The molecule has 282 valence electrons. The minimum atomic E-state index is -0.0215. The Labute approximate surface area is 305 Å². The van der Waals surface area contributed by atoms with E-state index in [-0.39, 0.29) is 35.7 Å². The van der Waals surface area contributed by atoms with Gasteiger partial charge >= 0.3 is 0 Å². The Hall–Kier alpha value is -2.88. The molecule has 0 aliphatic carbocycles. The highest BCUT2D eigenvalue weighted by atomic mass is 32.2. The van der Waals surface area contributed by atoms with Gasteiger partial charge in [0.05, 0.1) is 24.2 Å². The molecule has 16 heteroatoms. The molecule has 0 aromatic heterocycles. The first-order valence-electron chi connectivity index (χ1n) is 18.8. The maximum Gasteiger partial charge on any atom is 0.220 e. The van der Waals surface area contributed by atoms with Crippen LogP contribution in [-0.4, -0.2) is 108 Å². The van der Waals surface area contributed by atoms with Gasteiger partial charge in [-0.3, -0.25) is 19.2 Å². The normalized spacial score (nSPS) is 24.7. The molecule has 0 aromatic carbocycles. The molecule has 14 nitrogen and oxygen atoms in total. The number of rotatable bonds is 25. The smallest absolute Gasteiger partial charge is 0.220 e. The third-order valence-corrected chi connectivity index (χ3v) is 12.7. The largest absolute Gasteiger partial charge is 0.370 e. The summed E-state index contributed by atoms with van der Waals surface area (Å²) in [6.45, 7) is 2.09. The highest BCUT2D eigenvalue weighted by molar-refractivity contribution is 8.00. The van der Waals surface area contributed by atoms with Gasteiger partial charge in [0.2, 0.25) is 23.6 Å². The summed E-state index contributed by atoms with van der Waals surface area (Å²) in [6.07, 6.45) is 12.8. The van der Waals surface area contributed by atoms with Crippen LogP contribution in [0.25, 0.3) is 0 Å². The van der Waals surface area contributed by atoms with Gasteiger partial charge in [0.1, 0.15) is 0 Å². The van der Waals surface area contributed by atoms with Crippen molar-refractivity contribution in [1.29, 1.82) is 0 Å².